The van der Waals surface area contributed by atoms with E-state index < -0.39 is 11.2 Å². The topological polar surface area (TPSA) is 123 Å². The Balaban J connectivity index is 2.38. The molecule has 0 fully saturated rings. The minimum atomic E-state index is -0.668. The van der Waals surface area contributed by atoms with Gasteiger partial charge in [0.05, 0.1) is 0 Å². The average Bonchev–Trinajstić information content (AvgIpc) is 3.02. The Morgan fingerprint density at radius 1 is 1.10 bits per heavy atom. The van der Waals surface area contributed by atoms with E-state index in [1.54, 1.807) is 9.95 Å². The third kappa shape index (κ3) is 5.50. The molecular weight excluding hydrogens is 406 g/mol. The Kier molecular flexibility index (Phi) is 8.64. The van der Waals surface area contributed by atoms with Gasteiger partial charge in [-0.05, 0) is 19.8 Å². The molecule has 0 aliphatic carbocycles. The lowest BCUT2D eigenvalue weighted by atomic mass is 10.2. The van der Waals surface area contributed by atoms with Crippen molar-refractivity contribution in [1.29, 1.82) is 0 Å². The fourth-order valence-electron chi connectivity index (χ4n) is 3.27. The van der Waals surface area contributed by atoms with E-state index in [0.717, 1.165) is 42.7 Å². The van der Waals surface area contributed by atoms with Gasteiger partial charge in [0.1, 0.15) is 5.82 Å². The molecule has 2 rings (SSSR count). The SMILES string of the molecule is CCCCCN(C(=O)CCn1c(C)csc1=O)c1c(N)n(CCCC)c(=O)[nH]c1=O. The van der Waals surface area contributed by atoms with E-state index >= 15 is 0 Å². The first-order valence-corrected chi connectivity index (χ1v) is 11.3. The number of amides is 1. The van der Waals surface area contributed by atoms with Crippen LogP contribution in [0.1, 0.15) is 58.1 Å². The highest BCUT2D eigenvalue weighted by Crippen LogP contribution is 2.19. The summed E-state index contributed by atoms with van der Waals surface area (Å²) in [7, 11) is 0. The normalized spacial score (nSPS) is 11.0. The summed E-state index contributed by atoms with van der Waals surface area (Å²) < 4.78 is 2.86. The zero-order valence-corrected chi connectivity index (χ0v) is 18.7. The van der Waals surface area contributed by atoms with Crippen molar-refractivity contribution in [3.05, 3.63) is 41.6 Å². The molecule has 0 bridgehead atoms. The maximum absolute atomic E-state index is 13.1. The van der Waals surface area contributed by atoms with Crippen molar-refractivity contribution in [2.45, 2.75) is 72.4 Å². The van der Waals surface area contributed by atoms with Crippen molar-refractivity contribution < 1.29 is 4.79 Å². The molecular formula is C20H31N5O4S. The van der Waals surface area contributed by atoms with Gasteiger partial charge < -0.3 is 15.2 Å². The van der Waals surface area contributed by atoms with Gasteiger partial charge in [0.2, 0.25) is 5.91 Å². The Labute approximate surface area is 179 Å². The van der Waals surface area contributed by atoms with Crippen LogP contribution in [0.3, 0.4) is 0 Å². The second-order valence-electron chi connectivity index (χ2n) is 7.30. The summed E-state index contributed by atoms with van der Waals surface area (Å²) in [6.45, 7) is 6.76. The largest absolute Gasteiger partial charge is 0.383 e. The second-order valence-corrected chi connectivity index (χ2v) is 8.12. The molecule has 0 spiro atoms. The molecule has 9 nitrogen and oxygen atoms in total. The van der Waals surface area contributed by atoms with E-state index in [2.05, 4.69) is 4.98 Å². The van der Waals surface area contributed by atoms with E-state index in [1.807, 2.05) is 20.8 Å². The van der Waals surface area contributed by atoms with Crippen LogP contribution in [0, 0.1) is 6.92 Å². The number of hydrogen-bond donors (Lipinski definition) is 2. The van der Waals surface area contributed by atoms with E-state index in [-0.39, 0.29) is 35.3 Å². The fraction of sp³-hybridized carbons (Fsp3) is 0.600. The number of thiazole rings is 1. The maximum Gasteiger partial charge on any atom is 0.330 e. The van der Waals surface area contributed by atoms with Gasteiger partial charge in [0, 0.05) is 37.1 Å². The molecule has 3 N–H and O–H groups in total. The molecule has 2 aromatic heterocycles. The predicted molar refractivity (Wildman–Crippen MR) is 120 cm³/mol. The van der Waals surface area contributed by atoms with Crippen LogP contribution in [-0.2, 0) is 17.9 Å². The summed E-state index contributed by atoms with van der Waals surface area (Å²) in [6.07, 6.45) is 4.17. The quantitative estimate of drug-likeness (QED) is 0.521. The number of carbonyl (C=O) groups is 1. The van der Waals surface area contributed by atoms with Gasteiger partial charge in [-0.1, -0.05) is 44.4 Å². The second kappa shape index (κ2) is 11.0. The minimum Gasteiger partial charge on any atom is -0.383 e. The standard InChI is InChI=1S/C20H31N5O4S/c1-4-6-8-11-24(15(26)9-12-23-14(3)13-30-20(23)29)16-17(21)25(10-7-5-2)19(28)22-18(16)27/h13H,4-12,21H2,1-3H3,(H,22,27,28). The Hall–Kier alpha value is -2.62. The lowest BCUT2D eigenvalue weighted by Crippen LogP contribution is -2.42. The minimum absolute atomic E-state index is 0.00549. The van der Waals surface area contributed by atoms with Crippen molar-refractivity contribution in [3.63, 3.8) is 0 Å². The molecule has 0 saturated carbocycles. The van der Waals surface area contributed by atoms with Crippen molar-refractivity contribution in [2.75, 3.05) is 17.2 Å². The lowest BCUT2D eigenvalue weighted by molar-refractivity contribution is -0.118. The molecule has 30 heavy (non-hydrogen) atoms. The zero-order valence-electron chi connectivity index (χ0n) is 17.9. The van der Waals surface area contributed by atoms with Crippen molar-refractivity contribution in [1.82, 2.24) is 14.1 Å². The smallest absolute Gasteiger partial charge is 0.330 e. The highest BCUT2D eigenvalue weighted by atomic mass is 32.1. The zero-order chi connectivity index (χ0) is 22.3. The number of nitrogens with one attached hydrogen (secondary N) is 1. The van der Waals surface area contributed by atoms with E-state index in [4.69, 9.17) is 5.73 Å². The number of carbonyl (C=O) groups excluding carboxylic acids is 1. The van der Waals surface area contributed by atoms with Crippen molar-refractivity contribution in [3.8, 4) is 0 Å². The molecule has 0 aromatic carbocycles. The summed E-state index contributed by atoms with van der Waals surface area (Å²) in [4.78, 5) is 53.4. The Morgan fingerprint density at radius 3 is 2.40 bits per heavy atom. The van der Waals surface area contributed by atoms with Gasteiger partial charge in [0.25, 0.3) is 5.56 Å². The first kappa shape index (κ1) is 23.7. The molecule has 0 radical (unpaired) electrons. The first-order chi connectivity index (χ1) is 14.3. The molecule has 2 heterocycles. The van der Waals surface area contributed by atoms with Crippen LogP contribution in [0.2, 0.25) is 0 Å². The number of nitrogens with zero attached hydrogens (tertiary/aromatic N) is 3. The van der Waals surface area contributed by atoms with E-state index in [9.17, 15) is 19.2 Å². The van der Waals surface area contributed by atoms with Gasteiger partial charge in [0.15, 0.2) is 5.69 Å². The van der Waals surface area contributed by atoms with Crippen molar-refractivity contribution >= 4 is 28.7 Å². The monoisotopic (exact) mass is 437 g/mol. The molecule has 1 amide bonds. The van der Waals surface area contributed by atoms with Crippen molar-refractivity contribution in [2.24, 2.45) is 0 Å². The van der Waals surface area contributed by atoms with Gasteiger partial charge in [-0.3, -0.25) is 23.9 Å². The summed E-state index contributed by atoms with van der Waals surface area (Å²) >= 11 is 1.09. The van der Waals surface area contributed by atoms with Crippen LogP contribution in [-0.4, -0.2) is 26.6 Å². The number of hydrogen-bond acceptors (Lipinski definition) is 6. The molecule has 0 atom stereocenters. The average molecular weight is 438 g/mol. The fourth-order valence-corrected chi connectivity index (χ4v) is 4.04. The van der Waals surface area contributed by atoms with Gasteiger partial charge in [-0.25, -0.2) is 4.79 Å². The number of nitrogens with two attached hydrogens (primary N) is 1. The maximum atomic E-state index is 13.1. The van der Waals surface area contributed by atoms with Gasteiger partial charge in [-0.2, -0.15) is 0 Å². The number of nitrogen functional groups attached to an aromatic ring is 1. The molecule has 0 aliphatic heterocycles. The highest BCUT2D eigenvalue weighted by Gasteiger charge is 2.24. The number of rotatable bonds is 11. The van der Waals surface area contributed by atoms with Gasteiger partial charge >= 0.3 is 10.6 Å². The lowest BCUT2D eigenvalue weighted by Gasteiger charge is -2.25. The van der Waals surface area contributed by atoms with E-state index in [0.29, 0.717) is 19.5 Å². The van der Waals surface area contributed by atoms with Crippen LogP contribution in [0.4, 0.5) is 11.5 Å². The molecule has 0 aliphatic rings. The summed E-state index contributed by atoms with van der Waals surface area (Å²) in [5.41, 5.74) is 5.77. The number of aromatic amines is 1. The number of H-pyrrole nitrogens is 1. The van der Waals surface area contributed by atoms with Crippen LogP contribution in [0.5, 0.6) is 0 Å². The summed E-state index contributed by atoms with van der Waals surface area (Å²) in [5, 5.41) is 1.75. The predicted octanol–water partition coefficient (Wildman–Crippen LogP) is 2.06. The van der Waals surface area contributed by atoms with Crippen LogP contribution in [0.15, 0.2) is 19.8 Å². The molecule has 10 heteroatoms. The Morgan fingerprint density at radius 2 is 1.80 bits per heavy atom. The summed E-state index contributed by atoms with van der Waals surface area (Å²) in [5.74, 6) is -0.299. The van der Waals surface area contributed by atoms with Crippen LogP contribution in [0.25, 0.3) is 0 Å². The number of unbranched alkanes of at least 4 members (excludes halogenated alkanes) is 3. The van der Waals surface area contributed by atoms with Crippen LogP contribution < -0.4 is 26.8 Å². The molecule has 0 unspecified atom stereocenters. The molecule has 166 valence electrons. The third-order valence-corrected chi connectivity index (χ3v) is 5.91. The summed E-state index contributed by atoms with van der Waals surface area (Å²) in [6, 6.07) is 0. The van der Waals surface area contributed by atoms with Gasteiger partial charge in [-0.15, -0.1) is 0 Å². The van der Waals surface area contributed by atoms with Crippen LogP contribution >= 0.6 is 11.3 Å². The number of anilines is 2. The highest BCUT2D eigenvalue weighted by molar-refractivity contribution is 7.07. The number of aromatic nitrogens is 3. The number of aryl methyl sites for hydroxylation is 1. The molecule has 0 saturated heterocycles. The molecule has 2 aromatic rings. The van der Waals surface area contributed by atoms with E-state index in [1.165, 1.54) is 9.47 Å². The third-order valence-electron chi connectivity index (χ3n) is 5.03. The first-order valence-electron chi connectivity index (χ1n) is 10.4. The Bertz CT molecular complexity index is 1030.